The van der Waals surface area contributed by atoms with Gasteiger partial charge in [0.15, 0.2) is 0 Å². The maximum Gasteiger partial charge on any atom is 0.0662 e. The Morgan fingerprint density at radius 3 is 2.47 bits per heavy atom. The molecule has 0 amide bonds. The van der Waals surface area contributed by atoms with Crippen molar-refractivity contribution < 1.29 is 5.11 Å². The molecule has 0 aliphatic rings. The second kappa shape index (κ2) is 5.50. The van der Waals surface area contributed by atoms with E-state index in [0.29, 0.717) is 0 Å². The van der Waals surface area contributed by atoms with E-state index in [4.69, 9.17) is 11.6 Å². The Balaban J connectivity index is 2.64. The average Bonchev–Trinajstić information content (AvgIpc) is 2.17. The minimum atomic E-state index is -0.355. The minimum Gasteiger partial charge on any atom is -0.392 e. The van der Waals surface area contributed by atoms with Crippen molar-refractivity contribution in [1.82, 2.24) is 5.32 Å². The van der Waals surface area contributed by atoms with E-state index in [0.717, 1.165) is 10.6 Å². The summed E-state index contributed by atoms with van der Waals surface area (Å²) in [5, 5.41) is 13.4. The molecule has 1 aromatic carbocycles. The number of hydrogen-bond acceptors (Lipinski definition) is 2. The number of nitrogens with one attached hydrogen (secondary N) is 1. The third-order valence-electron chi connectivity index (χ3n) is 2.59. The van der Waals surface area contributed by atoms with Crippen LogP contribution in [0.1, 0.15) is 32.4 Å². The van der Waals surface area contributed by atoms with E-state index in [2.05, 4.69) is 12.2 Å². The van der Waals surface area contributed by atoms with Crippen LogP contribution in [-0.4, -0.2) is 17.3 Å². The van der Waals surface area contributed by atoms with Gasteiger partial charge in [-0.15, -0.1) is 0 Å². The Morgan fingerprint density at radius 1 is 1.27 bits per heavy atom. The van der Waals surface area contributed by atoms with Crippen molar-refractivity contribution in [2.75, 3.05) is 0 Å². The monoisotopic (exact) mass is 227 g/mol. The van der Waals surface area contributed by atoms with E-state index in [1.54, 1.807) is 6.92 Å². The van der Waals surface area contributed by atoms with Gasteiger partial charge in [0.05, 0.1) is 6.10 Å². The van der Waals surface area contributed by atoms with Crippen molar-refractivity contribution >= 4 is 11.6 Å². The van der Waals surface area contributed by atoms with Gasteiger partial charge in [-0.3, -0.25) is 0 Å². The second-order valence-corrected chi connectivity index (χ2v) is 4.41. The number of aliphatic hydroxyl groups is 1. The predicted octanol–water partition coefficient (Wildman–Crippen LogP) is 2.76. The molecule has 0 spiro atoms. The molecule has 0 aliphatic carbocycles. The molecule has 1 aromatic rings. The quantitative estimate of drug-likeness (QED) is 0.829. The maximum absolute atomic E-state index is 9.38. The molecule has 3 heteroatoms. The Hall–Kier alpha value is -0.570. The van der Waals surface area contributed by atoms with Crippen LogP contribution in [0.25, 0.3) is 0 Å². The Bertz CT molecular complexity index is 314. The lowest BCUT2D eigenvalue weighted by Gasteiger charge is -2.22. The molecule has 84 valence electrons. The van der Waals surface area contributed by atoms with Gasteiger partial charge in [0.2, 0.25) is 0 Å². The number of halogens is 1. The normalized spacial score (nSPS) is 17.1. The summed E-state index contributed by atoms with van der Waals surface area (Å²) in [5.74, 6) is 0. The molecule has 0 fully saturated rings. The summed E-state index contributed by atoms with van der Waals surface area (Å²) in [6, 6.07) is 8.01. The lowest BCUT2D eigenvalue weighted by Crippen LogP contribution is -2.37. The van der Waals surface area contributed by atoms with Crippen molar-refractivity contribution in [3.05, 3.63) is 34.9 Å². The summed E-state index contributed by atoms with van der Waals surface area (Å²) >= 11 is 5.91. The topological polar surface area (TPSA) is 32.3 Å². The van der Waals surface area contributed by atoms with Gasteiger partial charge in [-0.1, -0.05) is 23.7 Å². The largest absolute Gasteiger partial charge is 0.392 e. The highest BCUT2D eigenvalue weighted by Gasteiger charge is 2.13. The molecule has 0 radical (unpaired) electrons. The first-order valence-electron chi connectivity index (χ1n) is 5.20. The van der Waals surface area contributed by atoms with Crippen molar-refractivity contribution in [1.29, 1.82) is 0 Å². The first-order chi connectivity index (χ1) is 7.00. The van der Waals surface area contributed by atoms with Crippen LogP contribution in [-0.2, 0) is 0 Å². The van der Waals surface area contributed by atoms with Crippen LogP contribution in [0.4, 0.5) is 0 Å². The molecule has 2 nitrogen and oxygen atoms in total. The summed E-state index contributed by atoms with van der Waals surface area (Å²) in [7, 11) is 0. The van der Waals surface area contributed by atoms with Crippen molar-refractivity contribution in [3.63, 3.8) is 0 Å². The highest BCUT2D eigenvalue weighted by Crippen LogP contribution is 2.18. The van der Waals surface area contributed by atoms with Crippen LogP contribution in [0.15, 0.2) is 24.3 Å². The molecule has 0 aliphatic heterocycles. The van der Waals surface area contributed by atoms with Crippen LogP contribution in [0.2, 0.25) is 5.02 Å². The van der Waals surface area contributed by atoms with Gasteiger partial charge >= 0.3 is 0 Å². The lowest BCUT2D eigenvalue weighted by molar-refractivity contribution is 0.147. The predicted molar refractivity (Wildman–Crippen MR) is 64.1 cm³/mol. The van der Waals surface area contributed by atoms with Crippen LogP contribution in [0, 0.1) is 0 Å². The van der Waals surface area contributed by atoms with Crippen LogP contribution >= 0.6 is 11.6 Å². The van der Waals surface area contributed by atoms with E-state index < -0.39 is 0 Å². The Kier molecular flexibility index (Phi) is 4.58. The molecule has 15 heavy (non-hydrogen) atoms. The lowest BCUT2D eigenvalue weighted by atomic mass is 10.1. The molecule has 0 aromatic heterocycles. The summed E-state index contributed by atoms with van der Waals surface area (Å²) in [6.45, 7) is 5.80. The molecule has 3 atom stereocenters. The number of aliphatic hydroxyl groups excluding tert-OH is 1. The Labute approximate surface area is 96.3 Å². The fourth-order valence-corrected chi connectivity index (χ4v) is 1.60. The van der Waals surface area contributed by atoms with Gasteiger partial charge in [-0.2, -0.15) is 0 Å². The fourth-order valence-electron chi connectivity index (χ4n) is 1.41. The van der Waals surface area contributed by atoms with E-state index in [1.165, 1.54) is 0 Å². The first kappa shape index (κ1) is 12.5. The van der Waals surface area contributed by atoms with E-state index in [-0.39, 0.29) is 18.2 Å². The summed E-state index contributed by atoms with van der Waals surface area (Å²) in [5.41, 5.74) is 1.13. The second-order valence-electron chi connectivity index (χ2n) is 3.97. The standard InChI is InChI=1S/C12H18ClNO/c1-8(10(3)15)14-9(2)11-5-4-6-12(13)7-11/h4-10,14-15H,1-3H3. The zero-order chi connectivity index (χ0) is 11.4. The molecule has 3 unspecified atom stereocenters. The first-order valence-corrected chi connectivity index (χ1v) is 5.58. The third kappa shape index (κ3) is 3.82. The van der Waals surface area contributed by atoms with E-state index >= 15 is 0 Å². The van der Waals surface area contributed by atoms with E-state index in [9.17, 15) is 5.11 Å². The van der Waals surface area contributed by atoms with Crippen molar-refractivity contribution in [2.45, 2.75) is 39.0 Å². The number of rotatable bonds is 4. The van der Waals surface area contributed by atoms with Crippen LogP contribution in [0.3, 0.4) is 0 Å². The number of hydrogen-bond donors (Lipinski definition) is 2. The van der Waals surface area contributed by atoms with Crippen LogP contribution in [0.5, 0.6) is 0 Å². The smallest absolute Gasteiger partial charge is 0.0662 e. The third-order valence-corrected chi connectivity index (χ3v) is 2.82. The van der Waals surface area contributed by atoms with Gasteiger partial charge in [0, 0.05) is 17.1 Å². The highest BCUT2D eigenvalue weighted by atomic mass is 35.5. The zero-order valence-electron chi connectivity index (χ0n) is 9.37. The van der Waals surface area contributed by atoms with Gasteiger partial charge in [-0.25, -0.2) is 0 Å². The molecular weight excluding hydrogens is 210 g/mol. The summed E-state index contributed by atoms with van der Waals surface area (Å²) < 4.78 is 0. The molecule has 0 heterocycles. The molecule has 0 saturated carbocycles. The summed E-state index contributed by atoms with van der Waals surface area (Å²) in [6.07, 6.45) is -0.355. The van der Waals surface area contributed by atoms with Gasteiger partial charge < -0.3 is 10.4 Å². The average molecular weight is 228 g/mol. The zero-order valence-corrected chi connectivity index (χ0v) is 10.1. The van der Waals surface area contributed by atoms with Crippen molar-refractivity contribution in [2.24, 2.45) is 0 Å². The highest BCUT2D eigenvalue weighted by molar-refractivity contribution is 6.30. The molecule has 0 saturated heterocycles. The molecule has 2 N–H and O–H groups in total. The van der Waals surface area contributed by atoms with Gasteiger partial charge in [0.25, 0.3) is 0 Å². The van der Waals surface area contributed by atoms with Gasteiger partial charge in [0.1, 0.15) is 0 Å². The van der Waals surface area contributed by atoms with E-state index in [1.807, 2.05) is 31.2 Å². The van der Waals surface area contributed by atoms with Crippen LogP contribution < -0.4 is 5.32 Å². The SMILES string of the molecule is CC(NC(C)C(C)O)c1cccc(Cl)c1. The molecular formula is C12H18ClNO. The minimum absolute atomic E-state index is 0.0685. The summed E-state index contributed by atoms with van der Waals surface area (Å²) in [4.78, 5) is 0. The maximum atomic E-state index is 9.38. The Morgan fingerprint density at radius 2 is 1.93 bits per heavy atom. The van der Waals surface area contributed by atoms with Gasteiger partial charge in [-0.05, 0) is 38.5 Å². The molecule has 1 rings (SSSR count). The molecule has 0 bridgehead atoms. The number of benzene rings is 1. The fraction of sp³-hybridized carbons (Fsp3) is 0.500. The van der Waals surface area contributed by atoms with Crippen molar-refractivity contribution in [3.8, 4) is 0 Å².